The summed E-state index contributed by atoms with van der Waals surface area (Å²) >= 11 is 0. The van der Waals surface area contributed by atoms with Crippen LogP contribution in [0.3, 0.4) is 0 Å². The zero-order valence-corrected chi connectivity index (χ0v) is 12.0. The molecule has 0 saturated heterocycles. The van der Waals surface area contributed by atoms with Crippen LogP contribution in [0.5, 0.6) is 0 Å². The number of hydrogen-bond acceptors (Lipinski definition) is 4. The highest BCUT2D eigenvalue weighted by Gasteiger charge is 2.19. The molecule has 0 bridgehead atoms. The average Bonchev–Trinajstić information content (AvgIpc) is 2.70. The lowest BCUT2D eigenvalue weighted by Gasteiger charge is -2.08. The van der Waals surface area contributed by atoms with Gasteiger partial charge in [-0.15, -0.1) is 0 Å². The minimum atomic E-state index is 0.265. The molecule has 0 unspecified atom stereocenters. The average molecular weight is 247 g/mol. The van der Waals surface area contributed by atoms with Crippen LogP contribution in [-0.4, -0.2) is 15.0 Å². The van der Waals surface area contributed by atoms with Gasteiger partial charge in [0.15, 0.2) is 11.5 Å². The van der Waals surface area contributed by atoms with Gasteiger partial charge < -0.3 is 4.42 Å². The molecule has 0 saturated carbocycles. The van der Waals surface area contributed by atoms with Crippen LogP contribution < -0.4 is 0 Å². The summed E-state index contributed by atoms with van der Waals surface area (Å²) < 4.78 is 5.82. The Morgan fingerprint density at radius 3 is 1.94 bits per heavy atom. The maximum Gasteiger partial charge on any atom is 0.202 e. The molecule has 2 aromatic rings. The van der Waals surface area contributed by atoms with Crippen LogP contribution >= 0.6 is 0 Å². The lowest BCUT2D eigenvalue weighted by molar-refractivity contribution is 0.496. The van der Waals surface area contributed by atoms with E-state index in [0.29, 0.717) is 17.5 Å². The third-order valence-corrected chi connectivity index (χ3v) is 2.87. The van der Waals surface area contributed by atoms with E-state index >= 15 is 0 Å². The Hall–Kier alpha value is -1.45. The van der Waals surface area contributed by atoms with Gasteiger partial charge in [0, 0.05) is 11.8 Å². The summed E-state index contributed by atoms with van der Waals surface area (Å²) in [6, 6.07) is 0. The molecule has 18 heavy (non-hydrogen) atoms. The second-order valence-corrected chi connectivity index (χ2v) is 5.64. The lowest BCUT2D eigenvalue weighted by Crippen LogP contribution is -2.03. The van der Waals surface area contributed by atoms with Crippen LogP contribution in [0, 0.1) is 0 Å². The highest BCUT2D eigenvalue weighted by Crippen LogP contribution is 2.27. The first-order valence-corrected chi connectivity index (χ1v) is 6.58. The van der Waals surface area contributed by atoms with E-state index in [9.17, 15) is 0 Å². The van der Waals surface area contributed by atoms with E-state index < -0.39 is 0 Å². The van der Waals surface area contributed by atoms with Crippen LogP contribution in [0.1, 0.15) is 76.7 Å². The van der Waals surface area contributed by atoms with E-state index in [4.69, 9.17) is 4.42 Å². The van der Waals surface area contributed by atoms with E-state index in [1.807, 2.05) is 0 Å². The van der Waals surface area contributed by atoms with E-state index in [2.05, 4.69) is 56.5 Å². The van der Waals surface area contributed by atoms with Crippen LogP contribution in [0.4, 0.5) is 0 Å². The molecule has 0 amide bonds. The van der Waals surface area contributed by atoms with Gasteiger partial charge in [0.25, 0.3) is 0 Å². The largest absolute Gasteiger partial charge is 0.437 e. The van der Waals surface area contributed by atoms with Gasteiger partial charge in [-0.2, -0.15) is 4.98 Å². The van der Waals surface area contributed by atoms with Crippen molar-refractivity contribution >= 4 is 11.2 Å². The van der Waals surface area contributed by atoms with Gasteiger partial charge in [-0.3, -0.25) is 0 Å². The summed E-state index contributed by atoms with van der Waals surface area (Å²) in [7, 11) is 0. The molecule has 0 N–H and O–H groups in total. The Morgan fingerprint density at radius 1 is 0.778 bits per heavy atom. The summed E-state index contributed by atoms with van der Waals surface area (Å²) in [6.45, 7) is 12.5. The smallest absolute Gasteiger partial charge is 0.202 e. The van der Waals surface area contributed by atoms with Crippen molar-refractivity contribution in [3.8, 4) is 0 Å². The number of nitrogens with zero attached hydrogens (tertiary/aromatic N) is 3. The first-order valence-electron chi connectivity index (χ1n) is 6.58. The normalized spacial score (nSPS) is 12.3. The Kier molecular flexibility index (Phi) is 3.37. The van der Waals surface area contributed by atoms with E-state index in [1.54, 1.807) is 0 Å². The van der Waals surface area contributed by atoms with Gasteiger partial charge in [0.2, 0.25) is 5.65 Å². The van der Waals surface area contributed by atoms with Gasteiger partial charge in [0.05, 0.1) is 5.69 Å². The maximum atomic E-state index is 5.82. The molecule has 4 heteroatoms. The minimum absolute atomic E-state index is 0.265. The van der Waals surface area contributed by atoms with Crippen molar-refractivity contribution in [2.75, 3.05) is 0 Å². The predicted molar refractivity (Wildman–Crippen MR) is 71.9 cm³/mol. The third-order valence-electron chi connectivity index (χ3n) is 2.87. The first-order chi connectivity index (χ1) is 8.40. The molecule has 98 valence electrons. The van der Waals surface area contributed by atoms with Gasteiger partial charge in [-0.1, -0.05) is 41.5 Å². The lowest BCUT2D eigenvalue weighted by atomic mass is 10.1. The van der Waals surface area contributed by atoms with Crippen molar-refractivity contribution in [1.29, 1.82) is 0 Å². The second-order valence-electron chi connectivity index (χ2n) is 5.64. The molecule has 2 rings (SSSR count). The molecular weight excluding hydrogens is 226 g/mol. The molecule has 2 aromatic heterocycles. The number of hydrogen-bond donors (Lipinski definition) is 0. The highest BCUT2D eigenvalue weighted by molar-refractivity contribution is 5.71. The molecule has 0 spiro atoms. The molecule has 0 atom stereocenters. The molecule has 0 fully saturated rings. The molecule has 2 heterocycles. The Labute approximate surface area is 108 Å². The number of fused-ring (bicyclic) bond motifs is 1. The number of aromatic nitrogens is 3. The number of oxazole rings is 1. The Morgan fingerprint density at radius 2 is 1.44 bits per heavy atom. The topological polar surface area (TPSA) is 51.8 Å². The summed E-state index contributed by atoms with van der Waals surface area (Å²) in [4.78, 5) is 13.6. The Bertz CT molecular complexity index is 555. The monoisotopic (exact) mass is 247 g/mol. The molecule has 0 aliphatic carbocycles. The summed E-state index contributed by atoms with van der Waals surface area (Å²) in [6.07, 6.45) is 0. The zero-order chi connectivity index (χ0) is 13.4. The van der Waals surface area contributed by atoms with Crippen LogP contribution in [-0.2, 0) is 0 Å². The van der Waals surface area contributed by atoms with Crippen molar-refractivity contribution in [1.82, 2.24) is 15.0 Å². The summed E-state index contributed by atoms with van der Waals surface area (Å²) in [5.74, 6) is 2.45. The SMILES string of the molecule is CC(C)c1nc(C(C)C)c2oc(C(C)C)nc2n1. The quantitative estimate of drug-likeness (QED) is 0.823. The van der Waals surface area contributed by atoms with Crippen LogP contribution in [0.2, 0.25) is 0 Å². The van der Waals surface area contributed by atoms with Gasteiger partial charge in [-0.05, 0) is 5.92 Å². The van der Waals surface area contributed by atoms with Crippen molar-refractivity contribution in [3.05, 3.63) is 17.4 Å². The van der Waals surface area contributed by atoms with Gasteiger partial charge in [0.1, 0.15) is 5.82 Å². The third kappa shape index (κ3) is 2.24. The fourth-order valence-corrected chi connectivity index (χ4v) is 1.77. The minimum Gasteiger partial charge on any atom is -0.437 e. The standard InChI is InChI=1S/C14H21N3O/c1-7(2)10-11-13(16-12(15-10)8(3)4)17-14(18-11)9(5)6/h7-9H,1-6H3. The Balaban J connectivity index is 2.69. The second kappa shape index (κ2) is 4.67. The fraction of sp³-hybridized carbons (Fsp3) is 0.643. The molecule has 0 radical (unpaired) electrons. The van der Waals surface area contributed by atoms with E-state index in [1.165, 1.54) is 0 Å². The van der Waals surface area contributed by atoms with Crippen LogP contribution in [0.15, 0.2) is 4.42 Å². The zero-order valence-electron chi connectivity index (χ0n) is 12.0. The van der Waals surface area contributed by atoms with Gasteiger partial charge in [-0.25, -0.2) is 9.97 Å². The first kappa shape index (κ1) is 13.0. The summed E-state index contributed by atoms with van der Waals surface area (Å²) in [5.41, 5.74) is 2.40. The molecule has 0 aromatic carbocycles. The van der Waals surface area contributed by atoms with E-state index in [0.717, 1.165) is 23.0 Å². The van der Waals surface area contributed by atoms with Crippen molar-refractivity contribution in [3.63, 3.8) is 0 Å². The predicted octanol–water partition coefficient (Wildman–Crippen LogP) is 3.99. The molecular formula is C14H21N3O. The van der Waals surface area contributed by atoms with E-state index in [-0.39, 0.29) is 5.92 Å². The van der Waals surface area contributed by atoms with Gasteiger partial charge >= 0.3 is 0 Å². The fourth-order valence-electron chi connectivity index (χ4n) is 1.77. The molecule has 0 aliphatic rings. The number of rotatable bonds is 3. The molecule has 0 aliphatic heterocycles. The van der Waals surface area contributed by atoms with Crippen molar-refractivity contribution in [2.45, 2.75) is 59.3 Å². The molecule has 4 nitrogen and oxygen atoms in total. The van der Waals surface area contributed by atoms with Crippen molar-refractivity contribution in [2.24, 2.45) is 0 Å². The maximum absolute atomic E-state index is 5.82. The van der Waals surface area contributed by atoms with Crippen molar-refractivity contribution < 1.29 is 4.42 Å². The summed E-state index contributed by atoms with van der Waals surface area (Å²) in [5, 5.41) is 0. The van der Waals surface area contributed by atoms with Crippen LogP contribution in [0.25, 0.3) is 11.2 Å². The highest BCUT2D eigenvalue weighted by atomic mass is 16.3.